The molecule has 0 aliphatic carbocycles. The van der Waals surface area contributed by atoms with Crippen LogP contribution in [0.3, 0.4) is 0 Å². The first kappa shape index (κ1) is 14.1. The monoisotopic (exact) mass is 339 g/mol. The van der Waals surface area contributed by atoms with E-state index in [0.29, 0.717) is 18.0 Å². The Hall–Kier alpha value is -1.33. The highest BCUT2D eigenvalue weighted by atomic mass is 79.9. The second-order valence-electron chi connectivity index (χ2n) is 4.02. The SMILES string of the molecule is Cc1cccc(OCCNC(=O)c2sccc2Br)c1. The number of ether oxygens (including phenoxy) is 1. The summed E-state index contributed by atoms with van der Waals surface area (Å²) >= 11 is 4.75. The minimum absolute atomic E-state index is 0.0743. The van der Waals surface area contributed by atoms with Crippen molar-refractivity contribution >= 4 is 33.2 Å². The number of carbonyl (C=O) groups excluding carboxylic acids is 1. The van der Waals surface area contributed by atoms with Crippen molar-refractivity contribution in [1.82, 2.24) is 5.32 Å². The molecule has 0 bridgehead atoms. The predicted molar refractivity (Wildman–Crippen MR) is 81.0 cm³/mol. The van der Waals surface area contributed by atoms with Gasteiger partial charge >= 0.3 is 0 Å². The summed E-state index contributed by atoms with van der Waals surface area (Å²) < 4.78 is 6.39. The Kier molecular flexibility index (Phi) is 4.99. The molecule has 1 N–H and O–H groups in total. The van der Waals surface area contributed by atoms with E-state index in [9.17, 15) is 4.79 Å². The van der Waals surface area contributed by atoms with Gasteiger partial charge in [0, 0.05) is 4.47 Å². The van der Waals surface area contributed by atoms with Crippen LogP contribution in [0.25, 0.3) is 0 Å². The Balaban J connectivity index is 1.75. The van der Waals surface area contributed by atoms with Crippen LogP contribution in [0.2, 0.25) is 0 Å². The van der Waals surface area contributed by atoms with Crippen molar-refractivity contribution in [1.29, 1.82) is 0 Å². The lowest BCUT2D eigenvalue weighted by Gasteiger charge is -2.07. The number of benzene rings is 1. The highest BCUT2D eigenvalue weighted by Gasteiger charge is 2.10. The molecule has 1 aromatic carbocycles. The van der Waals surface area contributed by atoms with Crippen molar-refractivity contribution in [2.45, 2.75) is 6.92 Å². The number of thiophene rings is 1. The van der Waals surface area contributed by atoms with E-state index < -0.39 is 0 Å². The molecule has 0 spiro atoms. The van der Waals surface area contributed by atoms with E-state index >= 15 is 0 Å². The van der Waals surface area contributed by atoms with Crippen LogP contribution < -0.4 is 10.1 Å². The smallest absolute Gasteiger partial charge is 0.262 e. The number of amides is 1. The zero-order chi connectivity index (χ0) is 13.7. The number of hydrogen-bond donors (Lipinski definition) is 1. The van der Waals surface area contributed by atoms with Gasteiger partial charge < -0.3 is 10.1 Å². The zero-order valence-corrected chi connectivity index (χ0v) is 12.9. The van der Waals surface area contributed by atoms with Crippen LogP contribution in [-0.2, 0) is 0 Å². The standard InChI is InChI=1S/C14H14BrNO2S/c1-10-3-2-4-11(9-10)18-7-6-16-14(17)13-12(15)5-8-19-13/h2-5,8-9H,6-7H2,1H3,(H,16,17). The summed E-state index contributed by atoms with van der Waals surface area (Å²) in [4.78, 5) is 12.5. The van der Waals surface area contributed by atoms with Crippen molar-refractivity contribution in [3.05, 3.63) is 50.6 Å². The van der Waals surface area contributed by atoms with Gasteiger partial charge in [-0.1, -0.05) is 12.1 Å². The lowest BCUT2D eigenvalue weighted by atomic mass is 10.2. The molecule has 0 saturated carbocycles. The molecule has 19 heavy (non-hydrogen) atoms. The summed E-state index contributed by atoms with van der Waals surface area (Å²) in [7, 11) is 0. The summed E-state index contributed by atoms with van der Waals surface area (Å²) in [6, 6.07) is 9.71. The molecule has 0 saturated heterocycles. The number of carbonyl (C=O) groups is 1. The molecule has 0 fully saturated rings. The first-order valence-electron chi connectivity index (χ1n) is 5.87. The van der Waals surface area contributed by atoms with E-state index in [4.69, 9.17) is 4.74 Å². The fourth-order valence-corrected chi connectivity index (χ4v) is 3.04. The molecule has 1 amide bonds. The maximum atomic E-state index is 11.8. The van der Waals surface area contributed by atoms with Crippen molar-refractivity contribution in [2.75, 3.05) is 13.2 Å². The average molecular weight is 340 g/mol. The first-order valence-corrected chi connectivity index (χ1v) is 7.55. The molecule has 2 rings (SSSR count). The molecule has 0 atom stereocenters. The van der Waals surface area contributed by atoms with Crippen molar-refractivity contribution in [3.8, 4) is 5.75 Å². The number of aryl methyl sites for hydroxylation is 1. The predicted octanol–water partition coefficient (Wildman–Crippen LogP) is 3.63. The molecule has 1 heterocycles. The second-order valence-corrected chi connectivity index (χ2v) is 5.79. The maximum Gasteiger partial charge on any atom is 0.262 e. The van der Waals surface area contributed by atoms with Crippen LogP contribution in [0.15, 0.2) is 40.2 Å². The molecule has 0 aliphatic rings. The van der Waals surface area contributed by atoms with Gasteiger partial charge in [0.2, 0.25) is 0 Å². The van der Waals surface area contributed by atoms with Gasteiger partial charge in [0.1, 0.15) is 17.2 Å². The number of halogens is 1. The summed E-state index contributed by atoms with van der Waals surface area (Å²) in [6.45, 7) is 2.96. The van der Waals surface area contributed by atoms with Crippen LogP contribution in [-0.4, -0.2) is 19.1 Å². The van der Waals surface area contributed by atoms with E-state index in [1.54, 1.807) is 0 Å². The third-order valence-electron chi connectivity index (χ3n) is 2.47. The van der Waals surface area contributed by atoms with Gasteiger partial charge in [-0.05, 0) is 52.0 Å². The lowest BCUT2D eigenvalue weighted by Crippen LogP contribution is -2.27. The first-order chi connectivity index (χ1) is 9.16. The average Bonchev–Trinajstić information content (AvgIpc) is 2.81. The van der Waals surface area contributed by atoms with E-state index in [1.807, 2.05) is 42.6 Å². The molecule has 3 nitrogen and oxygen atoms in total. The Labute approximate surface area is 124 Å². The van der Waals surface area contributed by atoms with E-state index in [-0.39, 0.29) is 5.91 Å². The number of rotatable bonds is 5. The van der Waals surface area contributed by atoms with Crippen LogP contribution in [0, 0.1) is 6.92 Å². The summed E-state index contributed by atoms with van der Waals surface area (Å²) in [5.74, 6) is 0.751. The summed E-state index contributed by atoms with van der Waals surface area (Å²) in [6.07, 6.45) is 0. The molecular formula is C14H14BrNO2S. The second kappa shape index (κ2) is 6.73. The lowest BCUT2D eigenvalue weighted by molar-refractivity contribution is 0.0950. The van der Waals surface area contributed by atoms with Crippen LogP contribution in [0.4, 0.5) is 0 Å². The summed E-state index contributed by atoms with van der Waals surface area (Å²) in [5, 5.41) is 4.70. The summed E-state index contributed by atoms with van der Waals surface area (Å²) in [5.41, 5.74) is 1.16. The topological polar surface area (TPSA) is 38.3 Å². The number of nitrogens with one attached hydrogen (secondary N) is 1. The highest BCUT2D eigenvalue weighted by molar-refractivity contribution is 9.10. The molecular weight excluding hydrogens is 326 g/mol. The van der Waals surface area contributed by atoms with Gasteiger partial charge in [-0.3, -0.25) is 4.79 Å². The Bertz CT molecular complexity index is 568. The van der Waals surface area contributed by atoms with Gasteiger partial charge in [0.25, 0.3) is 5.91 Å². The third-order valence-corrected chi connectivity index (χ3v) is 4.31. The van der Waals surface area contributed by atoms with Gasteiger partial charge in [-0.2, -0.15) is 0 Å². The molecule has 100 valence electrons. The minimum Gasteiger partial charge on any atom is -0.492 e. The zero-order valence-electron chi connectivity index (χ0n) is 10.5. The molecule has 5 heteroatoms. The molecule has 0 radical (unpaired) electrons. The van der Waals surface area contributed by atoms with E-state index in [2.05, 4.69) is 21.2 Å². The quantitative estimate of drug-likeness (QED) is 0.844. The molecule has 1 aromatic heterocycles. The van der Waals surface area contributed by atoms with E-state index in [1.165, 1.54) is 11.3 Å². The van der Waals surface area contributed by atoms with Crippen molar-refractivity contribution < 1.29 is 9.53 Å². The van der Waals surface area contributed by atoms with Crippen molar-refractivity contribution in [3.63, 3.8) is 0 Å². The van der Waals surface area contributed by atoms with Crippen LogP contribution >= 0.6 is 27.3 Å². The van der Waals surface area contributed by atoms with Gasteiger partial charge in [-0.25, -0.2) is 0 Å². The minimum atomic E-state index is -0.0743. The number of hydrogen-bond acceptors (Lipinski definition) is 3. The fraction of sp³-hybridized carbons (Fsp3) is 0.214. The molecule has 0 aliphatic heterocycles. The van der Waals surface area contributed by atoms with Crippen molar-refractivity contribution in [2.24, 2.45) is 0 Å². The van der Waals surface area contributed by atoms with Gasteiger partial charge in [0.15, 0.2) is 0 Å². The molecule has 0 unspecified atom stereocenters. The van der Waals surface area contributed by atoms with E-state index in [0.717, 1.165) is 15.8 Å². The highest BCUT2D eigenvalue weighted by Crippen LogP contribution is 2.22. The normalized spacial score (nSPS) is 10.2. The fourth-order valence-electron chi connectivity index (χ4n) is 1.57. The van der Waals surface area contributed by atoms with Crippen LogP contribution in [0.5, 0.6) is 5.75 Å². The third kappa shape index (κ3) is 4.08. The Morgan fingerprint density at radius 3 is 2.95 bits per heavy atom. The Morgan fingerprint density at radius 2 is 2.26 bits per heavy atom. The van der Waals surface area contributed by atoms with Gasteiger partial charge in [0.05, 0.1) is 6.54 Å². The van der Waals surface area contributed by atoms with Gasteiger partial charge in [-0.15, -0.1) is 11.3 Å². The van der Waals surface area contributed by atoms with Crippen LogP contribution in [0.1, 0.15) is 15.2 Å². The largest absolute Gasteiger partial charge is 0.492 e. The maximum absolute atomic E-state index is 11.8. The Morgan fingerprint density at radius 1 is 1.42 bits per heavy atom. The molecule has 2 aromatic rings.